The Bertz CT molecular complexity index is 342. The lowest BCUT2D eigenvalue weighted by atomic mass is 10.0. The van der Waals surface area contributed by atoms with Crippen molar-refractivity contribution in [3.8, 4) is 0 Å². The highest BCUT2D eigenvalue weighted by Crippen LogP contribution is 2.47. The monoisotopic (exact) mass is 256 g/mol. The van der Waals surface area contributed by atoms with Crippen molar-refractivity contribution in [2.75, 3.05) is 0 Å². The van der Waals surface area contributed by atoms with Crippen molar-refractivity contribution in [2.24, 2.45) is 0 Å². The Labute approximate surface area is 109 Å². The third-order valence-electron chi connectivity index (χ3n) is 3.56. The van der Waals surface area contributed by atoms with Gasteiger partial charge in [0.2, 0.25) is 0 Å². The summed E-state index contributed by atoms with van der Waals surface area (Å²) in [5.41, 5.74) is -0.958. The molecule has 3 atom stereocenters. The molecule has 0 saturated heterocycles. The predicted molar refractivity (Wildman–Crippen MR) is 69.2 cm³/mol. The zero-order chi connectivity index (χ0) is 14.1. The Balaban J connectivity index is 2.59. The molecule has 4 heteroatoms. The van der Waals surface area contributed by atoms with Gasteiger partial charge in [-0.15, -0.1) is 0 Å². The van der Waals surface area contributed by atoms with Gasteiger partial charge >= 0.3 is 5.97 Å². The molecule has 0 aromatic rings. The van der Waals surface area contributed by atoms with Crippen LogP contribution in [0.25, 0.3) is 0 Å². The van der Waals surface area contributed by atoms with E-state index in [1.165, 1.54) is 0 Å². The van der Waals surface area contributed by atoms with Crippen molar-refractivity contribution in [1.29, 1.82) is 0 Å². The fourth-order valence-corrected chi connectivity index (χ4v) is 1.71. The third kappa shape index (κ3) is 3.33. The van der Waals surface area contributed by atoms with E-state index in [4.69, 9.17) is 9.47 Å². The van der Waals surface area contributed by atoms with Crippen LogP contribution >= 0.6 is 0 Å². The zero-order valence-electron chi connectivity index (χ0n) is 11.9. The molecule has 104 valence electrons. The molecule has 1 saturated carbocycles. The van der Waals surface area contributed by atoms with Gasteiger partial charge in [-0.3, -0.25) is 0 Å². The average molecular weight is 256 g/mol. The number of aliphatic hydroxyl groups is 1. The average Bonchev–Trinajstić information content (AvgIpc) is 2.90. The first-order valence-electron chi connectivity index (χ1n) is 6.39. The van der Waals surface area contributed by atoms with Crippen LogP contribution in [0.2, 0.25) is 0 Å². The number of ether oxygens (including phenoxy) is 2. The van der Waals surface area contributed by atoms with Gasteiger partial charge in [-0.25, -0.2) is 4.79 Å². The van der Waals surface area contributed by atoms with Crippen molar-refractivity contribution >= 4 is 5.97 Å². The van der Waals surface area contributed by atoms with E-state index in [-0.39, 0.29) is 18.2 Å². The van der Waals surface area contributed by atoms with Crippen LogP contribution in [-0.4, -0.2) is 34.5 Å². The maximum Gasteiger partial charge on any atom is 0.333 e. The summed E-state index contributed by atoms with van der Waals surface area (Å²) in [5.74, 6) is -0.380. The summed E-state index contributed by atoms with van der Waals surface area (Å²) in [5, 5.41) is 9.88. The molecule has 0 aromatic carbocycles. The molecular weight excluding hydrogens is 232 g/mol. The first kappa shape index (κ1) is 15.2. The molecule has 0 spiro atoms. The minimum absolute atomic E-state index is 0.225. The van der Waals surface area contributed by atoms with E-state index in [9.17, 15) is 9.90 Å². The largest absolute Gasteiger partial charge is 0.456 e. The van der Waals surface area contributed by atoms with Crippen LogP contribution in [0.3, 0.4) is 0 Å². The molecular formula is C14H24O4. The van der Waals surface area contributed by atoms with Gasteiger partial charge in [0.05, 0.1) is 11.7 Å². The SMILES string of the molecule is C=C(C)C(=O)OC1CC1(CC)OC(C)C(C)(C)O. The molecule has 1 aliphatic carbocycles. The van der Waals surface area contributed by atoms with Crippen molar-refractivity contribution in [3.63, 3.8) is 0 Å². The van der Waals surface area contributed by atoms with E-state index in [0.29, 0.717) is 12.0 Å². The molecule has 18 heavy (non-hydrogen) atoms. The summed E-state index contributed by atoms with van der Waals surface area (Å²) in [4.78, 5) is 11.5. The number of carbonyl (C=O) groups is 1. The highest BCUT2D eigenvalue weighted by Gasteiger charge is 2.59. The lowest BCUT2D eigenvalue weighted by Crippen LogP contribution is -2.40. The summed E-state index contributed by atoms with van der Waals surface area (Å²) >= 11 is 0. The molecule has 0 heterocycles. The second kappa shape index (κ2) is 5.02. The fourth-order valence-electron chi connectivity index (χ4n) is 1.71. The molecule has 1 aliphatic rings. The van der Waals surface area contributed by atoms with Gasteiger partial charge in [-0.1, -0.05) is 13.5 Å². The van der Waals surface area contributed by atoms with Gasteiger partial charge in [-0.05, 0) is 34.1 Å². The van der Waals surface area contributed by atoms with Gasteiger partial charge in [0.15, 0.2) is 0 Å². The Morgan fingerprint density at radius 2 is 2.17 bits per heavy atom. The second-order valence-corrected chi connectivity index (χ2v) is 5.71. The Hall–Kier alpha value is -0.870. The highest BCUT2D eigenvalue weighted by atomic mass is 16.6. The minimum Gasteiger partial charge on any atom is -0.456 e. The minimum atomic E-state index is -0.909. The number of hydrogen-bond acceptors (Lipinski definition) is 4. The molecule has 1 rings (SSSR count). The van der Waals surface area contributed by atoms with E-state index in [1.807, 2.05) is 13.8 Å². The van der Waals surface area contributed by atoms with Crippen LogP contribution in [0.1, 0.15) is 47.5 Å². The number of hydrogen-bond donors (Lipinski definition) is 1. The molecule has 0 bridgehead atoms. The predicted octanol–water partition coefficient (Wildman–Crippen LogP) is 2.20. The van der Waals surface area contributed by atoms with Crippen molar-refractivity contribution in [1.82, 2.24) is 0 Å². The number of carbonyl (C=O) groups excluding carboxylic acids is 1. The van der Waals surface area contributed by atoms with Crippen LogP contribution in [0.5, 0.6) is 0 Å². The van der Waals surface area contributed by atoms with Crippen LogP contribution < -0.4 is 0 Å². The Kier molecular flexibility index (Phi) is 4.23. The molecule has 3 unspecified atom stereocenters. The second-order valence-electron chi connectivity index (χ2n) is 5.71. The molecule has 1 fully saturated rings. The quantitative estimate of drug-likeness (QED) is 0.584. The summed E-state index contributed by atoms with van der Waals surface area (Å²) < 4.78 is 11.2. The summed E-state index contributed by atoms with van der Waals surface area (Å²) in [6.45, 7) is 12.4. The molecule has 0 radical (unpaired) electrons. The molecule has 4 nitrogen and oxygen atoms in total. The van der Waals surface area contributed by atoms with E-state index < -0.39 is 11.2 Å². The first-order valence-corrected chi connectivity index (χ1v) is 6.39. The summed E-state index contributed by atoms with van der Waals surface area (Å²) in [6, 6.07) is 0. The van der Waals surface area contributed by atoms with Gasteiger partial charge in [0.1, 0.15) is 11.7 Å². The van der Waals surface area contributed by atoms with Crippen molar-refractivity contribution < 1.29 is 19.4 Å². The van der Waals surface area contributed by atoms with Crippen LogP contribution in [-0.2, 0) is 14.3 Å². The number of rotatable bonds is 6. The summed E-state index contributed by atoms with van der Waals surface area (Å²) in [7, 11) is 0. The maximum absolute atomic E-state index is 11.5. The summed E-state index contributed by atoms with van der Waals surface area (Å²) in [6.07, 6.45) is 0.896. The third-order valence-corrected chi connectivity index (χ3v) is 3.56. The lowest BCUT2D eigenvalue weighted by molar-refractivity contribution is -0.153. The standard InChI is InChI=1S/C14H24O4/c1-7-14(18-10(4)13(5,6)16)8-11(14)17-12(15)9(2)3/h10-11,16H,2,7-8H2,1,3-6H3. The smallest absolute Gasteiger partial charge is 0.333 e. The van der Waals surface area contributed by atoms with Gasteiger partial charge < -0.3 is 14.6 Å². The molecule has 1 N–H and O–H groups in total. The van der Waals surface area contributed by atoms with Crippen molar-refractivity contribution in [2.45, 2.75) is 70.9 Å². The van der Waals surface area contributed by atoms with E-state index in [1.54, 1.807) is 20.8 Å². The van der Waals surface area contributed by atoms with Crippen molar-refractivity contribution in [3.05, 3.63) is 12.2 Å². The highest BCUT2D eigenvalue weighted by molar-refractivity contribution is 5.87. The zero-order valence-corrected chi connectivity index (χ0v) is 11.9. The molecule has 0 aromatic heterocycles. The van der Waals surface area contributed by atoms with E-state index in [2.05, 4.69) is 6.58 Å². The van der Waals surface area contributed by atoms with Gasteiger partial charge in [-0.2, -0.15) is 0 Å². The van der Waals surface area contributed by atoms with Gasteiger partial charge in [0, 0.05) is 12.0 Å². The normalized spacial score (nSPS) is 28.7. The Morgan fingerprint density at radius 3 is 2.56 bits per heavy atom. The topological polar surface area (TPSA) is 55.8 Å². The van der Waals surface area contributed by atoms with Crippen LogP contribution in [0.15, 0.2) is 12.2 Å². The van der Waals surface area contributed by atoms with E-state index in [0.717, 1.165) is 6.42 Å². The fraction of sp³-hybridized carbons (Fsp3) is 0.786. The molecule has 0 aliphatic heterocycles. The maximum atomic E-state index is 11.5. The lowest BCUT2D eigenvalue weighted by Gasteiger charge is -2.30. The Morgan fingerprint density at radius 1 is 1.61 bits per heavy atom. The van der Waals surface area contributed by atoms with Crippen LogP contribution in [0.4, 0.5) is 0 Å². The van der Waals surface area contributed by atoms with Crippen LogP contribution in [0, 0.1) is 0 Å². The number of esters is 1. The van der Waals surface area contributed by atoms with E-state index >= 15 is 0 Å². The van der Waals surface area contributed by atoms with Gasteiger partial charge in [0.25, 0.3) is 0 Å². The first-order chi connectivity index (χ1) is 8.12. The molecule has 0 amide bonds.